The molecule has 0 bridgehead atoms. The second-order valence-electron chi connectivity index (χ2n) is 8.29. The number of fused-ring (bicyclic) bond motifs is 2. The molecule has 2 aliphatic rings. The van der Waals surface area contributed by atoms with Crippen LogP contribution in [-0.4, -0.2) is 42.4 Å². The summed E-state index contributed by atoms with van der Waals surface area (Å²) in [6.07, 6.45) is 2.61. The maximum atomic E-state index is 11.2. The molecule has 1 saturated heterocycles. The molecule has 1 N–H and O–H groups in total. The van der Waals surface area contributed by atoms with Gasteiger partial charge in [0.05, 0.1) is 18.8 Å². The van der Waals surface area contributed by atoms with Crippen LogP contribution in [0.15, 0.2) is 36.4 Å². The van der Waals surface area contributed by atoms with Gasteiger partial charge in [-0.25, -0.2) is 9.78 Å². The molecule has 6 nitrogen and oxygen atoms in total. The molecule has 3 heterocycles. The molecule has 154 valence electrons. The largest absolute Gasteiger partial charge is 0.493 e. The molecule has 1 spiro atoms. The van der Waals surface area contributed by atoms with E-state index in [4.69, 9.17) is 9.47 Å². The van der Waals surface area contributed by atoms with Crippen molar-refractivity contribution in [1.29, 1.82) is 0 Å². The smallest absolute Gasteiger partial charge is 0.354 e. The number of nitrogens with zero attached hydrogens (tertiary/aromatic N) is 2. The lowest BCUT2D eigenvalue weighted by Crippen LogP contribution is -2.47. The van der Waals surface area contributed by atoms with Gasteiger partial charge in [0.15, 0.2) is 5.69 Å². The van der Waals surface area contributed by atoms with Gasteiger partial charge in [-0.2, -0.15) is 0 Å². The minimum atomic E-state index is -1.000. The molecule has 0 saturated carbocycles. The van der Waals surface area contributed by atoms with Crippen molar-refractivity contribution in [1.82, 2.24) is 4.98 Å². The summed E-state index contributed by atoms with van der Waals surface area (Å²) in [5.74, 6) is 1.15. The van der Waals surface area contributed by atoms with Crippen LogP contribution >= 0.6 is 0 Å². The average molecular weight is 396 g/mol. The summed E-state index contributed by atoms with van der Waals surface area (Å²) in [6.45, 7) is 7.29. The zero-order valence-electron chi connectivity index (χ0n) is 17.1. The highest BCUT2D eigenvalue weighted by molar-refractivity contribution is 5.85. The van der Waals surface area contributed by atoms with Gasteiger partial charge in [0.2, 0.25) is 0 Å². The number of carboxylic acids is 1. The average Bonchev–Trinajstić information content (AvgIpc) is 2.73. The molecule has 6 heteroatoms. The highest BCUT2D eigenvalue weighted by Crippen LogP contribution is 2.43. The molecule has 1 fully saturated rings. The minimum Gasteiger partial charge on any atom is -0.493 e. The van der Waals surface area contributed by atoms with Crippen LogP contribution in [0.5, 0.6) is 5.75 Å². The molecule has 1 aromatic heterocycles. The molecule has 0 aliphatic carbocycles. The Hall–Kier alpha value is -2.60. The normalized spacial score (nSPS) is 18.0. The molecule has 2 aromatic rings. The first kappa shape index (κ1) is 19.7. The Kier molecular flexibility index (Phi) is 5.46. The molecule has 0 unspecified atom stereocenters. The molecule has 29 heavy (non-hydrogen) atoms. The number of piperidine rings is 1. The van der Waals surface area contributed by atoms with Crippen LogP contribution in [0.25, 0.3) is 0 Å². The number of rotatable bonds is 5. The van der Waals surface area contributed by atoms with Crippen molar-refractivity contribution in [2.75, 3.05) is 31.2 Å². The Morgan fingerprint density at radius 1 is 1.28 bits per heavy atom. The molecule has 2 aliphatic heterocycles. The van der Waals surface area contributed by atoms with Crippen molar-refractivity contribution in [3.63, 3.8) is 0 Å². The monoisotopic (exact) mass is 396 g/mol. The predicted molar refractivity (Wildman–Crippen MR) is 111 cm³/mol. The Bertz CT molecular complexity index is 888. The van der Waals surface area contributed by atoms with Crippen molar-refractivity contribution in [2.24, 2.45) is 5.92 Å². The Morgan fingerprint density at radius 2 is 2.07 bits per heavy atom. The van der Waals surface area contributed by atoms with E-state index in [1.165, 1.54) is 17.2 Å². The molecule has 0 amide bonds. The number of carboxylic acid groups (broad SMARTS) is 1. The van der Waals surface area contributed by atoms with Crippen molar-refractivity contribution < 1.29 is 19.4 Å². The standard InChI is InChI=1S/C23H28N2O4/c1-16(2)15-28-18-6-7-19-17(14-18)8-13-29-23(19)9-11-25(12-10-23)21-5-3-4-20(24-21)22(26)27/h3-7,14,16H,8-13,15H2,1-2H3,(H,26,27). The number of benzene rings is 1. The van der Waals surface area contributed by atoms with Crippen molar-refractivity contribution in [3.8, 4) is 5.75 Å². The zero-order chi connectivity index (χ0) is 20.4. The fraction of sp³-hybridized carbons (Fsp3) is 0.478. The van der Waals surface area contributed by atoms with E-state index in [2.05, 4.69) is 41.9 Å². The highest BCUT2D eigenvalue weighted by Gasteiger charge is 2.41. The number of aromatic nitrogens is 1. The van der Waals surface area contributed by atoms with Crippen molar-refractivity contribution in [2.45, 2.75) is 38.7 Å². The number of carbonyl (C=O) groups is 1. The molecule has 4 rings (SSSR count). The van der Waals surface area contributed by atoms with E-state index in [0.29, 0.717) is 18.3 Å². The van der Waals surface area contributed by atoms with Gasteiger partial charge >= 0.3 is 5.97 Å². The first-order valence-corrected chi connectivity index (χ1v) is 10.3. The van der Waals surface area contributed by atoms with Gasteiger partial charge in [0, 0.05) is 13.1 Å². The lowest BCUT2D eigenvalue weighted by atomic mass is 9.79. The third kappa shape index (κ3) is 4.08. The molecule has 0 atom stereocenters. The van der Waals surface area contributed by atoms with E-state index in [9.17, 15) is 9.90 Å². The van der Waals surface area contributed by atoms with Gasteiger partial charge in [-0.15, -0.1) is 0 Å². The number of hydrogen-bond acceptors (Lipinski definition) is 5. The number of aromatic carboxylic acids is 1. The van der Waals surface area contributed by atoms with E-state index >= 15 is 0 Å². The highest BCUT2D eigenvalue weighted by atomic mass is 16.5. The lowest BCUT2D eigenvalue weighted by molar-refractivity contribution is -0.0767. The van der Waals surface area contributed by atoms with Crippen LogP contribution in [0.4, 0.5) is 5.82 Å². The van der Waals surface area contributed by atoms with Gasteiger partial charge in [-0.3, -0.25) is 0 Å². The first-order valence-electron chi connectivity index (χ1n) is 10.3. The summed E-state index contributed by atoms with van der Waals surface area (Å²) < 4.78 is 12.2. The Labute approximate surface area is 171 Å². The quantitative estimate of drug-likeness (QED) is 0.827. The van der Waals surface area contributed by atoms with Crippen LogP contribution in [0, 0.1) is 5.92 Å². The van der Waals surface area contributed by atoms with Gasteiger partial charge in [-0.1, -0.05) is 26.0 Å². The van der Waals surface area contributed by atoms with Gasteiger partial charge < -0.3 is 19.5 Å². The number of anilines is 1. The number of hydrogen-bond donors (Lipinski definition) is 1. The zero-order valence-corrected chi connectivity index (χ0v) is 17.1. The summed E-state index contributed by atoms with van der Waals surface area (Å²) in [7, 11) is 0. The molecular weight excluding hydrogens is 368 g/mol. The Morgan fingerprint density at radius 3 is 2.79 bits per heavy atom. The fourth-order valence-electron chi connectivity index (χ4n) is 4.24. The minimum absolute atomic E-state index is 0.0796. The van der Waals surface area contributed by atoms with Crippen LogP contribution < -0.4 is 9.64 Å². The summed E-state index contributed by atoms with van der Waals surface area (Å²) >= 11 is 0. The second-order valence-corrected chi connectivity index (χ2v) is 8.29. The van der Waals surface area contributed by atoms with Gasteiger partial charge in [0.1, 0.15) is 11.6 Å². The molecule has 0 radical (unpaired) electrons. The SMILES string of the molecule is CC(C)COc1ccc2c(c1)CCOC21CCN(c2cccc(C(=O)O)n2)CC1. The van der Waals surface area contributed by atoms with Crippen LogP contribution in [-0.2, 0) is 16.8 Å². The van der Waals surface area contributed by atoms with E-state index < -0.39 is 5.97 Å². The molecular formula is C23H28N2O4. The third-order valence-corrected chi connectivity index (χ3v) is 5.75. The van der Waals surface area contributed by atoms with Crippen LogP contribution in [0.3, 0.4) is 0 Å². The van der Waals surface area contributed by atoms with Crippen LogP contribution in [0.2, 0.25) is 0 Å². The lowest BCUT2D eigenvalue weighted by Gasteiger charge is -2.45. The van der Waals surface area contributed by atoms with Gasteiger partial charge in [0.25, 0.3) is 0 Å². The first-order chi connectivity index (χ1) is 14.0. The maximum absolute atomic E-state index is 11.2. The fourth-order valence-corrected chi connectivity index (χ4v) is 4.24. The second kappa shape index (κ2) is 8.03. The summed E-state index contributed by atoms with van der Waals surface area (Å²) in [4.78, 5) is 17.7. The van der Waals surface area contributed by atoms with Gasteiger partial charge in [-0.05, 0) is 60.6 Å². The number of ether oxygens (including phenoxy) is 2. The van der Waals surface area contributed by atoms with Crippen LogP contribution in [0.1, 0.15) is 48.3 Å². The summed E-state index contributed by atoms with van der Waals surface area (Å²) in [5, 5.41) is 9.20. The van der Waals surface area contributed by atoms with E-state index in [1.807, 2.05) is 6.07 Å². The summed E-state index contributed by atoms with van der Waals surface area (Å²) in [6, 6.07) is 11.5. The Balaban J connectivity index is 1.50. The third-order valence-electron chi connectivity index (χ3n) is 5.75. The molecule has 1 aromatic carbocycles. The number of pyridine rings is 1. The van der Waals surface area contributed by atoms with Crippen molar-refractivity contribution in [3.05, 3.63) is 53.2 Å². The van der Waals surface area contributed by atoms with Crippen molar-refractivity contribution >= 4 is 11.8 Å². The van der Waals surface area contributed by atoms with E-state index in [-0.39, 0.29) is 11.3 Å². The summed E-state index contributed by atoms with van der Waals surface area (Å²) in [5.41, 5.74) is 2.39. The topological polar surface area (TPSA) is 71.9 Å². The predicted octanol–water partition coefficient (Wildman–Crippen LogP) is 3.88. The van der Waals surface area contributed by atoms with E-state index in [1.54, 1.807) is 6.07 Å². The maximum Gasteiger partial charge on any atom is 0.354 e. The van der Waals surface area contributed by atoms with E-state index in [0.717, 1.165) is 44.7 Å².